The number of hydrogen-bond acceptors (Lipinski definition) is 6. The number of aromatic nitrogens is 5. The minimum Gasteiger partial charge on any atom is -0.497 e. The topological polar surface area (TPSA) is 70.2 Å². The van der Waals surface area contributed by atoms with E-state index in [1.54, 1.807) is 7.11 Å². The highest BCUT2D eigenvalue weighted by Crippen LogP contribution is 2.37. The molecule has 0 amide bonds. The number of aryl methyl sites for hydroxylation is 1. The van der Waals surface area contributed by atoms with Gasteiger partial charge in [-0.05, 0) is 55.2 Å². The van der Waals surface area contributed by atoms with Gasteiger partial charge in [-0.15, -0.1) is 0 Å². The molecule has 1 saturated heterocycles. The van der Waals surface area contributed by atoms with Crippen LogP contribution >= 0.6 is 0 Å². The van der Waals surface area contributed by atoms with E-state index in [0.29, 0.717) is 6.54 Å². The largest absolute Gasteiger partial charge is 0.497 e. The van der Waals surface area contributed by atoms with Crippen molar-refractivity contribution in [1.29, 1.82) is 0 Å². The maximum absolute atomic E-state index is 6.18. The highest BCUT2D eigenvalue weighted by molar-refractivity contribution is 5.90. The smallest absolute Gasteiger partial charge is 0.147 e. The monoisotopic (exact) mass is 506 g/mol. The normalized spacial score (nSPS) is 15.0. The van der Waals surface area contributed by atoms with Crippen LogP contribution in [0.4, 0.5) is 5.69 Å². The van der Waals surface area contributed by atoms with Crippen LogP contribution in [0.15, 0.2) is 67.1 Å². The summed E-state index contributed by atoms with van der Waals surface area (Å²) >= 11 is 0. The van der Waals surface area contributed by atoms with Gasteiger partial charge in [0.2, 0.25) is 0 Å². The van der Waals surface area contributed by atoms with Crippen molar-refractivity contribution in [2.24, 2.45) is 0 Å². The highest BCUT2D eigenvalue weighted by Gasteiger charge is 2.22. The van der Waals surface area contributed by atoms with Gasteiger partial charge in [-0.1, -0.05) is 12.1 Å². The SMILES string of the molecule is COc1ccc(Cn2cc(-c3ccc(-c4nc5cc(N6CCCC6)cc6c5n4CCCO6)cn3)cn2)cc1. The molecule has 0 unspecified atom stereocenters. The fraction of sp³-hybridized carbons (Fsp3) is 0.300. The molecule has 7 rings (SSSR count). The van der Waals surface area contributed by atoms with Gasteiger partial charge in [0.25, 0.3) is 0 Å². The fourth-order valence-corrected chi connectivity index (χ4v) is 5.52. The number of rotatable bonds is 6. The Hall–Kier alpha value is -4.33. The summed E-state index contributed by atoms with van der Waals surface area (Å²) in [6.45, 7) is 4.48. The van der Waals surface area contributed by atoms with Crippen LogP contribution in [0.25, 0.3) is 33.7 Å². The van der Waals surface area contributed by atoms with E-state index in [9.17, 15) is 0 Å². The summed E-state index contributed by atoms with van der Waals surface area (Å²) in [4.78, 5) is 12.3. The van der Waals surface area contributed by atoms with Crippen molar-refractivity contribution in [2.45, 2.75) is 32.4 Å². The van der Waals surface area contributed by atoms with Crippen molar-refractivity contribution in [3.63, 3.8) is 0 Å². The standard InChI is InChI=1S/C30H30N6O2/c1-37-25-8-5-21(6-9-25)19-35-20-23(18-32-35)26-10-7-22(17-31-26)30-33-27-15-24(34-11-2-3-12-34)16-28-29(27)36(30)13-4-14-38-28/h5-10,15-18,20H,2-4,11-14,19H2,1H3. The van der Waals surface area contributed by atoms with Gasteiger partial charge in [0.05, 0.1) is 37.7 Å². The number of nitrogens with zero attached hydrogens (tertiary/aromatic N) is 6. The Kier molecular flexibility index (Phi) is 5.72. The third-order valence-corrected chi connectivity index (χ3v) is 7.50. The molecular formula is C30H30N6O2. The number of ether oxygens (including phenoxy) is 2. The van der Waals surface area contributed by atoms with Gasteiger partial charge in [-0.25, -0.2) is 4.98 Å². The van der Waals surface area contributed by atoms with E-state index in [4.69, 9.17) is 19.4 Å². The second kappa shape index (κ2) is 9.52. The fourth-order valence-electron chi connectivity index (χ4n) is 5.52. The predicted octanol–water partition coefficient (Wildman–Crippen LogP) is 5.40. The van der Waals surface area contributed by atoms with Crippen LogP contribution in [0.1, 0.15) is 24.8 Å². The van der Waals surface area contributed by atoms with Crippen LogP contribution in [0.2, 0.25) is 0 Å². The summed E-state index contributed by atoms with van der Waals surface area (Å²) in [5, 5.41) is 4.55. The molecule has 0 bridgehead atoms. The van der Waals surface area contributed by atoms with Gasteiger partial charge in [-0.2, -0.15) is 5.10 Å². The first-order valence-corrected chi connectivity index (χ1v) is 13.3. The lowest BCUT2D eigenvalue weighted by atomic mass is 10.2. The van der Waals surface area contributed by atoms with Crippen molar-refractivity contribution in [3.05, 3.63) is 72.7 Å². The number of hydrogen-bond donors (Lipinski definition) is 0. The molecule has 192 valence electrons. The predicted molar refractivity (Wildman–Crippen MR) is 148 cm³/mol. The van der Waals surface area contributed by atoms with Crippen molar-refractivity contribution < 1.29 is 9.47 Å². The zero-order valence-corrected chi connectivity index (χ0v) is 21.5. The van der Waals surface area contributed by atoms with Crippen molar-refractivity contribution in [3.8, 4) is 34.1 Å². The van der Waals surface area contributed by atoms with Gasteiger partial charge >= 0.3 is 0 Å². The molecule has 0 N–H and O–H groups in total. The Morgan fingerprint density at radius 2 is 1.79 bits per heavy atom. The summed E-state index contributed by atoms with van der Waals surface area (Å²) < 4.78 is 15.7. The van der Waals surface area contributed by atoms with Crippen molar-refractivity contribution in [2.75, 3.05) is 31.7 Å². The quantitative estimate of drug-likeness (QED) is 0.307. The van der Waals surface area contributed by atoms with E-state index in [2.05, 4.69) is 51.0 Å². The number of anilines is 1. The first-order chi connectivity index (χ1) is 18.7. The van der Waals surface area contributed by atoms with Crippen LogP contribution in [-0.2, 0) is 13.1 Å². The molecule has 0 atom stereocenters. The molecule has 8 heteroatoms. The average Bonchev–Trinajstić information content (AvgIpc) is 3.69. The maximum Gasteiger partial charge on any atom is 0.147 e. The summed E-state index contributed by atoms with van der Waals surface area (Å²) in [7, 11) is 1.68. The van der Waals surface area contributed by atoms with Gasteiger partial charge in [0, 0.05) is 54.9 Å². The average molecular weight is 507 g/mol. The summed E-state index contributed by atoms with van der Waals surface area (Å²) in [6, 6.07) is 16.6. The second-order valence-corrected chi connectivity index (χ2v) is 10.0. The van der Waals surface area contributed by atoms with E-state index in [-0.39, 0.29) is 0 Å². The lowest BCUT2D eigenvalue weighted by Gasteiger charge is -2.18. The zero-order chi connectivity index (χ0) is 25.5. The molecule has 8 nitrogen and oxygen atoms in total. The highest BCUT2D eigenvalue weighted by atomic mass is 16.5. The van der Waals surface area contributed by atoms with Crippen molar-refractivity contribution in [1.82, 2.24) is 24.3 Å². The Morgan fingerprint density at radius 3 is 2.58 bits per heavy atom. The second-order valence-electron chi connectivity index (χ2n) is 10.0. The molecule has 0 aliphatic carbocycles. The third-order valence-electron chi connectivity index (χ3n) is 7.50. The molecule has 0 spiro atoms. The van der Waals surface area contributed by atoms with Gasteiger partial charge in [0.1, 0.15) is 22.8 Å². The van der Waals surface area contributed by atoms with Gasteiger partial charge in [0.15, 0.2) is 0 Å². The third kappa shape index (κ3) is 4.16. The first kappa shape index (κ1) is 22.8. The number of methoxy groups -OCH3 is 1. The van der Waals surface area contributed by atoms with Gasteiger partial charge in [-0.3, -0.25) is 9.67 Å². The molecule has 38 heavy (non-hydrogen) atoms. The molecule has 0 radical (unpaired) electrons. The number of benzene rings is 2. The van der Waals surface area contributed by atoms with Crippen LogP contribution < -0.4 is 14.4 Å². The van der Waals surface area contributed by atoms with E-state index in [1.807, 2.05) is 35.4 Å². The Bertz CT molecular complexity index is 1580. The molecule has 1 fully saturated rings. The molecule has 5 aromatic rings. The van der Waals surface area contributed by atoms with Crippen molar-refractivity contribution >= 4 is 16.7 Å². The van der Waals surface area contributed by atoms with Crippen LogP contribution in [-0.4, -0.2) is 51.1 Å². The first-order valence-electron chi connectivity index (χ1n) is 13.3. The van der Waals surface area contributed by atoms with E-state index >= 15 is 0 Å². The van der Waals surface area contributed by atoms with Crippen LogP contribution in [0.3, 0.4) is 0 Å². The van der Waals surface area contributed by atoms with E-state index in [1.165, 1.54) is 18.5 Å². The molecule has 5 heterocycles. The summed E-state index contributed by atoms with van der Waals surface area (Å²) in [5.74, 6) is 2.74. The number of imidazole rings is 1. The summed E-state index contributed by atoms with van der Waals surface area (Å²) in [5.41, 5.74) is 7.34. The molecule has 3 aromatic heterocycles. The lowest BCUT2D eigenvalue weighted by Crippen LogP contribution is -2.17. The Balaban J connectivity index is 1.17. The molecule has 0 saturated carbocycles. The van der Waals surface area contributed by atoms with Crippen LogP contribution in [0.5, 0.6) is 11.5 Å². The van der Waals surface area contributed by atoms with E-state index in [0.717, 1.165) is 83.4 Å². The Labute approximate surface area is 221 Å². The number of pyridine rings is 1. The Morgan fingerprint density at radius 1 is 0.921 bits per heavy atom. The molecule has 2 aliphatic heterocycles. The molecule has 2 aromatic carbocycles. The van der Waals surface area contributed by atoms with E-state index < -0.39 is 0 Å². The lowest BCUT2D eigenvalue weighted by molar-refractivity contribution is 0.316. The van der Waals surface area contributed by atoms with Gasteiger partial charge < -0.3 is 18.9 Å². The minimum absolute atomic E-state index is 0.690. The van der Waals surface area contributed by atoms with Crippen LogP contribution in [0, 0.1) is 0 Å². The zero-order valence-electron chi connectivity index (χ0n) is 21.5. The molecule has 2 aliphatic rings. The summed E-state index contributed by atoms with van der Waals surface area (Å²) in [6.07, 6.45) is 9.26. The maximum atomic E-state index is 6.18. The molecular weight excluding hydrogens is 476 g/mol. The minimum atomic E-state index is 0.690.